The Hall–Kier alpha value is -5.34. The highest BCUT2D eigenvalue weighted by molar-refractivity contribution is 6.03. The number of hydrogen-bond donors (Lipinski definition) is 2. The molecule has 2 aromatic heterocycles. The van der Waals surface area contributed by atoms with Gasteiger partial charge in [0, 0.05) is 39.3 Å². The third kappa shape index (κ3) is 7.29. The number of benzene rings is 2. The molecular formula is C33H33F4N7O4. The lowest BCUT2D eigenvalue weighted by atomic mass is 9.89. The van der Waals surface area contributed by atoms with E-state index in [1.54, 1.807) is 29.0 Å². The van der Waals surface area contributed by atoms with Crippen LogP contribution >= 0.6 is 0 Å². The van der Waals surface area contributed by atoms with Gasteiger partial charge in [-0.15, -0.1) is 0 Å². The monoisotopic (exact) mass is 667 g/mol. The van der Waals surface area contributed by atoms with Crippen LogP contribution in [-0.2, 0) is 6.18 Å². The smallest absolute Gasteiger partial charge is 0.437 e. The number of rotatable bonds is 7. The van der Waals surface area contributed by atoms with Crippen molar-refractivity contribution in [2.75, 3.05) is 66.8 Å². The van der Waals surface area contributed by atoms with E-state index in [2.05, 4.69) is 20.6 Å². The number of halogens is 4. The van der Waals surface area contributed by atoms with E-state index in [0.717, 1.165) is 11.3 Å². The molecule has 0 radical (unpaired) electrons. The van der Waals surface area contributed by atoms with Crippen molar-refractivity contribution in [3.63, 3.8) is 0 Å². The van der Waals surface area contributed by atoms with Crippen LogP contribution in [0.5, 0.6) is 5.75 Å². The number of carbonyl (C=O) groups excluding carboxylic acids is 2. The number of methoxy groups -OCH3 is 1. The van der Waals surface area contributed by atoms with E-state index in [1.165, 1.54) is 30.5 Å². The van der Waals surface area contributed by atoms with Crippen molar-refractivity contribution in [3.05, 3.63) is 89.7 Å². The summed E-state index contributed by atoms with van der Waals surface area (Å²) in [6.45, 7) is 2.39. The lowest BCUT2D eigenvalue weighted by Crippen LogP contribution is -2.50. The van der Waals surface area contributed by atoms with Gasteiger partial charge in [-0.05, 0) is 60.7 Å². The minimum atomic E-state index is -4.91. The highest BCUT2D eigenvalue weighted by atomic mass is 19.4. The number of oxazole rings is 1. The van der Waals surface area contributed by atoms with Crippen LogP contribution in [0.1, 0.15) is 40.6 Å². The van der Waals surface area contributed by atoms with Crippen molar-refractivity contribution >= 4 is 35.1 Å². The van der Waals surface area contributed by atoms with E-state index < -0.39 is 35.4 Å². The summed E-state index contributed by atoms with van der Waals surface area (Å²) in [4.78, 5) is 38.7. The standard InChI is InChI=1S/C33H33F4N7O4/c1-47-24-6-4-5-22(19-24)21-11-13-44(14-12-21)32-41-29(33(35,36)37)28(48-32)30(45)39-23-9-10-27(38-20-23)42-15-17-43(18-16-42)31(46)40-26-8-3-2-7-25(26)34/h2-10,19-21H,11-18H2,1H3,(H,39,45)(H,40,46). The fourth-order valence-corrected chi connectivity index (χ4v) is 5.82. The summed E-state index contributed by atoms with van der Waals surface area (Å²) in [6, 6.07) is 16.1. The number of carbonyl (C=O) groups is 2. The Balaban J connectivity index is 1.06. The van der Waals surface area contributed by atoms with Gasteiger partial charge in [0.25, 0.3) is 11.9 Å². The topological polar surface area (TPSA) is 116 Å². The van der Waals surface area contributed by atoms with Crippen molar-refractivity contribution in [3.8, 4) is 5.75 Å². The Labute approximate surface area is 273 Å². The number of piperazine rings is 1. The Morgan fingerprint density at radius 1 is 0.917 bits per heavy atom. The Morgan fingerprint density at radius 3 is 2.33 bits per heavy atom. The maximum atomic E-state index is 14.0. The van der Waals surface area contributed by atoms with Gasteiger partial charge < -0.3 is 34.5 Å². The highest BCUT2D eigenvalue weighted by Crippen LogP contribution is 2.37. The van der Waals surface area contributed by atoms with Gasteiger partial charge in [-0.1, -0.05) is 24.3 Å². The van der Waals surface area contributed by atoms with Gasteiger partial charge in [-0.3, -0.25) is 4.79 Å². The largest absolute Gasteiger partial charge is 0.497 e. The molecule has 3 amide bonds. The van der Waals surface area contributed by atoms with Crippen LogP contribution < -0.4 is 25.2 Å². The fourth-order valence-electron chi connectivity index (χ4n) is 5.82. The van der Waals surface area contributed by atoms with Gasteiger partial charge in [0.2, 0.25) is 5.76 Å². The number of para-hydroxylation sites is 1. The first-order valence-electron chi connectivity index (χ1n) is 15.4. The molecule has 4 aromatic rings. The molecule has 2 fully saturated rings. The zero-order valence-corrected chi connectivity index (χ0v) is 26.0. The highest BCUT2D eigenvalue weighted by Gasteiger charge is 2.42. The zero-order chi connectivity index (χ0) is 33.8. The van der Waals surface area contributed by atoms with E-state index in [-0.39, 0.29) is 23.3 Å². The summed E-state index contributed by atoms with van der Waals surface area (Å²) in [5.74, 6) is -1.07. The van der Waals surface area contributed by atoms with Crippen LogP contribution in [0.3, 0.4) is 0 Å². The van der Waals surface area contributed by atoms with Crippen LogP contribution in [0.25, 0.3) is 0 Å². The normalized spacial score (nSPS) is 15.7. The summed E-state index contributed by atoms with van der Waals surface area (Å²) < 4.78 is 66.5. The maximum absolute atomic E-state index is 14.0. The molecule has 0 bridgehead atoms. The quantitative estimate of drug-likeness (QED) is 0.223. The zero-order valence-electron chi connectivity index (χ0n) is 26.0. The lowest BCUT2D eigenvalue weighted by molar-refractivity contribution is -0.141. The SMILES string of the molecule is COc1cccc(C2CCN(c3nc(C(F)(F)F)c(C(=O)Nc4ccc(N5CCN(C(=O)Nc6ccccc6F)CC5)nc4)o3)CC2)c1. The summed E-state index contributed by atoms with van der Waals surface area (Å²) in [5, 5.41) is 5.00. The molecule has 2 saturated heterocycles. The third-order valence-electron chi connectivity index (χ3n) is 8.43. The molecule has 4 heterocycles. The molecule has 15 heteroatoms. The number of piperidine rings is 1. The second-order valence-corrected chi connectivity index (χ2v) is 11.5. The predicted molar refractivity (Wildman–Crippen MR) is 170 cm³/mol. The Kier molecular flexibility index (Phi) is 9.37. The second-order valence-electron chi connectivity index (χ2n) is 11.5. The van der Waals surface area contributed by atoms with Crippen LogP contribution in [0.15, 0.2) is 71.3 Å². The van der Waals surface area contributed by atoms with Crippen LogP contribution in [0.2, 0.25) is 0 Å². The number of pyridine rings is 1. The van der Waals surface area contributed by atoms with Crippen molar-refractivity contribution in [2.45, 2.75) is 24.9 Å². The number of hydrogen-bond acceptors (Lipinski definition) is 8. The molecular weight excluding hydrogens is 634 g/mol. The molecule has 2 aromatic carbocycles. The predicted octanol–water partition coefficient (Wildman–Crippen LogP) is 6.23. The summed E-state index contributed by atoms with van der Waals surface area (Å²) in [6.07, 6.45) is -2.26. The van der Waals surface area contributed by atoms with Crippen molar-refractivity contribution in [1.29, 1.82) is 0 Å². The third-order valence-corrected chi connectivity index (χ3v) is 8.43. The first-order valence-corrected chi connectivity index (χ1v) is 15.4. The molecule has 0 unspecified atom stereocenters. The summed E-state index contributed by atoms with van der Waals surface area (Å²) >= 11 is 0. The van der Waals surface area contributed by atoms with Gasteiger partial charge in [-0.2, -0.15) is 18.2 Å². The van der Waals surface area contributed by atoms with E-state index in [9.17, 15) is 27.2 Å². The molecule has 48 heavy (non-hydrogen) atoms. The molecule has 2 aliphatic heterocycles. The average molecular weight is 668 g/mol. The number of ether oxygens (including phenoxy) is 1. The summed E-state index contributed by atoms with van der Waals surface area (Å²) in [5.41, 5.74) is -0.0510. The van der Waals surface area contributed by atoms with Crippen molar-refractivity contribution < 1.29 is 36.3 Å². The number of nitrogens with one attached hydrogen (secondary N) is 2. The van der Waals surface area contributed by atoms with E-state index >= 15 is 0 Å². The number of urea groups is 1. The number of nitrogens with zero attached hydrogens (tertiary/aromatic N) is 5. The maximum Gasteiger partial charge on any atom is 0.437 e. The number of amides is 3. The molecule has 252 valence electrons. The van der Waals surface area contributed by atoms with Crippen LogP contribution in [-0.4, -0.2) is 73.2 Å². The molecule has 2 N–H and O–H groups in total. The molecule has 0 atom stereocenters. The van der Waals surface area contributed by atoms with Gasteiger partial charge in [0.05, 0.1) is 24.7 Å². The minimum Gasteiger partial charge on any atom is -0.497 e. The molecule has 0 aliphatic carbocycles. The van der Waals surface area contributed by atoms with Gasteiger partial charge in [0.15, 0.2) is 5.69 Å². The number of anilines is 4. The summed E-state index contributed by atoms with van der Waals surface area (Å²) in [7, 11) is 1.59. The molecule has 11 nitrogen and oxygen atoms in total. The van der Waals surface area contributed by atoms with Gasteiger partial charge in [0.1, 0.15) is 17.4 Å². The molecule has 0 spiro atoms. The van der Waals surface area contributed by atoms with E-state index in [0.29, 0.717) is 57.9 Å². The number of aromatic nitrogens is 2. The van der Waals surface area contributed by atoms with Crippen LogP contribution in [0.4, 0.5) is 45.6 Å². The Bertz CT molecular complexity index is 1750. The molecule has 6 rings (SSSR count). The second kappa shape index (κ2) is 13.8. The average Bonchev–Trinajstić information content (AvgIpc) is 3.57. The minimum absolute atomic E-state index is 0.0956. The van der Waals surface area contributed by atoms with Gasteiger partial charge >= 0.3 is 12.2 Å². The van der Waals surface area contributed by atoms with Crippen molar-refractivity contribution in [1.82, 2.24) is 14.9 Å². The van der Waals surface area contributed by atoms with Crippen LogP contribution in [0, 0.1) is 5.82 Å². The van der Waals surface area contributed by atoms with E-state index in [4.69, 9.17) is 9.15 Å². The fraction of sp³-hybridized carbons (Fsp3) is 0.333. The lowest BCUT2D eigenvalue weighted by Gasteiger charge is -2.35. The van der Waals surface area contributed by atoms with E-state index in [1.807, 2.05) is 29.2 Å². The first kappa shape index (κ1) is 32.6. The van der Waals surface area contributed by atoms with Gasteiger partial charge in [-0.25, -0.2) is 14.2 Å². The van der Waals surface area contributed by atoms with Crippen molar-refractivity contribution in [2.24, 2.45) is 0 Å². The molecule has 2 aliphatic rings. The molecule has 0 saturated carbocycles. The Morgan fingerprint density at radius 2 is 1.67 bits per heavy atom. The first-order chi connectivity index (χ1) is 23.1. The number of alkyl halides is 3.